The van der Waals surface area contributed by atoms with Gasteiger partial charge in [0.1, 0.15) is 12.7 Å². The van der Waals surface area contributed by atoms with Crippen LogP contribution in [0.4, 0.5) is 0 Å². The molecule has 5 nitrogen and oxygen atoms in total. The molecule has 1 atom stereocenters. The Morgan fingerprint density at radius 3 is 2.70 bits per heavy atom. The Labute approximate surface area is 169 Å². The number of likely N-dealkylation sites (tertiary alicyclic amines) is 1. The minimum atomic E-state index is -0.502. The fourth-order valence-corrected chi connectivity index (χ4v) is 4.28. The van der Waals surface area contributed by atoms with Crippen molar-refractivity contribution in [2.75, 3.05) is 33.4 Å². The van der Waals surface area contributed by atoms with Gasteiger partial charge in [0.15, 0.2) is 11.5 Å². The molecule has 148 valence electrons. The first-order chi connectivity index (χ1) is 13.1. The minimum absolute atomic E-state index is 0.261. The van der Waals surface area contributed by atoms with E-state index in [1.54, 1.807) is 18.4 Å². The average Bonchev–Trinajstić information content (AvgIpc) is 3.32. The highest BCUT2D eigenvalue weighted by Crippen LogP contribution is 2.28. The Morgan fingerprint density at radius 2 is 2.00 bits per heavy atom. The third-order valence-corrected chi connectivity index (χ3v) is 5.82. The van der Waals surface area contributed by atoms with Crippen LogP contribution in [0.25, 0.3) is 0 Å². The van der Waals surface area contributed by atoms with Gasteiger partial charge in [-0.05, 0) is 55.8 Å². The highest BCUT2D eigenvalue weighted by Gasteiger charge is 2.17. The van der Waals surface area contributed by atoms with Crippen molar-refractivity contribution in [1.29, 1.82) is 0 Å². The van der Waals surface area contributed by atoms with E-state index >= 15 is 0 Å². The van der Waals surface area contributed by atoms with Crippen molar-refractivity contribution < 1.29 is 14.6 Å². The number of nitrogens with one attached hydrogen (secondary N) is 1. The molecule has 1 aromatic heterocycles. The Bertz CT molecular complexity index is 719. The molecule has 1 fully saturated rings. The van der Waals surface area contributed by atoms with Gasteiger partial charge in [0.2, 0.25) is 0 Å². The van der Waals surface area contributed by atoms with E-state index in [0.717, 1.165) is 29.5 Å². The zero-order valence-electron chi connectivity index (χ0n) is 15.6. The summed E-state index contributed by atoms with van der Waals surface area (Å²) in [5, 5.41) is 13.7. The number of methoxy groups -OCH3 is 1. The summed E-state index contributed by atoms with van der Waals surface area (Å²) in [6, 6.07) is 9.83. The van der Waals surface area contributed by atoms with Gasteiger partial charge in [-0.15, -0.1) is 11.3 Å². The summed E-state index contributed by atoms with van der Waals surface area (Å²) < 4.78 is 12.1. The van der Waals surface area contributed by atoms with E-state index in [1.165, 1.54) is 17.7 Å². The van der Waals surface area contributed by atoms with Crippen LogP contribution in [-0.2, 0) is 13.1 Å². The van der Waals surface area contributed by atoms with E-state index in [0.29, 0.717) is 24.6 Å². The average molecular weight is 411 g/mol. The summed E-state index contributed by atoms with van der Waals surface area (Å²) >= 11 is 7.54. The number of β-amino-alcohol motifs (C(OH)–C–C–N with tert-alkyl or cyclic N) is 1. The molecule has 0 spiro atoms. The summed E-state index contributed by atoms with van der Waals surface area (Å²) in [6.45, 7) is 4.54. The Hall–Kier alpha value is -1.31. The van der Waals surface area contributed by atoms with Gasteiger partial charge in [-0.3, -0.25) is 0 Å². The maximum Gasteiger partial charge on any atom is 0.161 e. The van der Waals surface area contributed by atoms with E-state index in [4.69, 9.17) is 21.1 Å². The van der Waals surface area contributed by atoms with Gasteiger partial charge in [0.25, 0.3) is 0 Å². The van der Waals surface area contributed by atoms with Crippen molar-refractivity contribution in [3.8, 4) is 11.5 Å². The lowest BCUT2D eigenvalue weighted by Gasteiger charge is -2.20. The molecule has 1 unspecified atom stereocenters. The Kier molecular flexibility index (Phi) is 7.79. The number of ether oxygens (including phenoxy) is 2. The van der Waals surface area contributed by atoms with E-state index < -0.39 is 6.10 Å². The van der Waals surface area contributed by atoms with Gasteiger partial charge >= 0.3 is 0 Å². The molecule has 7 heteroatoms. The van der Waals surface area contributed by atoms with Crippen LogP contribution < -0.4 is 14.8 Å². The molecule has 2 aromatic rings. The van der Waals surface area contributed by atoms with Crippen LogP contribution in [0, 0.1) is 0 Å². The number of hydrogen-bond donors (Lipinski definition) is 2. The normalized spacial score (nSPS) is 15.8. The first-order valence-corrected chi connectivity index (χ1v) is 10.5. The number of hydrogen-bond acceptors (Lipinski definition) is 6. The van der Waals surface area contributed by atoms with Gasteiger partial charge in [-0.25, -0.2) is 0 Å². The lowest BCUT2D eigenvalue weighted by molar-refractivity contribution is 0.0746. The largest absolute Gasteiger partial charge is 0.493 e. The molecule has 0 aliphatic carbocycles. The summed E-state index contributed by atoms with van der Waals surface area (Å²) in [5.41, 5.74) is 1.10. The van der Waals surface area contributed by atoms with Crippen LogP contribution >= 0.6 is 22.9 Å². The number of rotatable bonds is 10. The molecule has 1 aliphatic rings. The van der Waals surface area contributed by atoms with Gasteiger partial charge in [-0.2, -0.15) is 0 Å². The van der Waals surface area contributed by atoms with E-state index in [2.05, 4.69) is 10.2 Å². The zero-order chi connectivity index (χ0) is 19.1. The number of aliphatic hydroxyl groups excluding tert-OH is 1. The minimum Gasteiger partial charge on any atom is -0.493 e. The topological polar surface area (TPSA) is 54.0 Å². The second-order valence-electron chi connectivity index (χ2n) is 6.77. The van der Waals surface area contributed by atoms with Gasteiger partial charge in [0, 0.05) is 24.5 Å². The van der Waals surface area contributed by atoms with Crippen LogP contribution in [0.5, 0.6) is 11.5 Å². The van der Waals surface area contributed by atoms with Gasteiger partial charge in [0.05, 0.1) is 11.4 Å². The lowest BCUT2D eigenvalue weighted by atomic mass is 10.2. The van der Waals surface area contributed by atoms with E-state index in [-0.39, 0.29) is 6.61 Å². The monoisotopic (exact) mass is 410 g/mol. The Morgan fingerprint density at radius 1 is 1.19 bits per heavy atom. The van der Waals surface area contributed by atoms with E-state index in [1.807, 2.05) is 30.3 Å². The fraction of sp³-hybridized carbons (Fsp3) is 0.500. The fourth-order valence-electron chi connectivity index (χ4n) is 3.22. The Balaban J connectivity index is 1.51. The van der Waals surface area contributed by atoms with Crippen molar-refractivity contribution in [1.82, 2.24) is 10.2 Å². The molecule has 2 N–H and O–H groups in total. The van der Waals surface area contributed by atoms with E-state index in [9.17, 15) is 5.11 Å². The molecule has 1 saturated heterocycles. The predicted octanol–water partition coefficient (Wildman–Crippen LogP) is 3.54. The molecule has 0 radical (unpaired) electrons. The second kappa shape index (κ2) is 10.3. The van der Waals surface area contributed by atoms with Crippen LogP contribution in [0.15, 0.2) is 30.3 Å². The van der Waals surface area contributed by atoms with Crippen molar-refractivity contribution in [3.63, 3.8) is 0 Å². The molecule has 0 bridgehead atoms. The summed E-state index contributed by atoms with van der Waals surface area (Å²) in [7, 11) is 1.63. The highest BCUT2D eigenvalue weighted by molar-refractivity contribution is 7.16. The molecule has 3 rings (SSSR count). The third-order valence-electron chi connectivity index (χ3n) is 4.58. The molecule has 1 aliphatic heterocycles. The van der Waals surface area contributed by atoms with Crippen molar-refractivity contribution in [3.05, 3.63) is 45.1 Å². The predicted molar refractivity (Wildman–Crippen MR) is 110 cm³/mol. The number of nitrogens with zero attached hydrogens (tertiary/aromatic N) is 1. The number of aliphatic hydroxyl groups is 1. The maximum atomic E-state index is 10.2. The van der Waals surface area contributed by atoms with Crippen LogP contribution in [0.1, 0.15) is 23.3 Å². The highest BCUT2D eigenvalue weighted by atomic mass is 35.5. The number of halogens is 1. The zero-order valence-corrected chi connectivity index (χ0v) is 17.2. The van der Waals surface area contributed by atoms with Crippen LogP contribution in [0.3, 0.4) is 0 Å². The summed E-state index contributed by atoms with van der Waals surface area (Å²) in [5.74, 6) is 1.34. The third kappa shape index (κ3) is 6.36. The SMILES string of the molecule is COc1ccc(CNCc2ccc(Cl)s2)cc1OCC(O)CN1CCCC1. The molecular weight excluding hydrogens is 384 g/mol. The first kappa shape index (κ1) is 20.4. The first-order valence-electron chi connectivity index (χ1n) is 9.29. The number of thiophene rings is 1. The molecule has 0 saturated carbocycles. The molecule has 27 heavy (non-hydrogen) atoms. The molecule has 1 aromatic carbocycles. The molecular formula is C20H27ClN2O3S. The lowest BCUT2D eigenvalue weighted by Crippen LogP contribution is -2.33. The summed E-state index contributed by atoms with van der Waals surface area (Å²) in [4.78, 5) is 3.48. The van der Waals surface area contributed by atoms with Crippen molar-refractivity contribution >= 4 is 22.9 Å². The maximum absolute atomic E-state index is 10.2. The smallest absolute Gasteiger partial charge is 0.161 e. The summed E-state index contributed by atoms with van der Waals surface area (Å²) in [6.07, 6.45) is 1.93. The number of benzene rings is 1. The molecule has 0 amide bonds. The quantitative estimate of drug-likeness (QED) is 0.627. The van der Waals surface area contributed by atoms with Crippen molar-refractivity contribution in [2.24, 2.45) is 0 Å². The van der Waals surface area contributed by atoms with Crippen LogP contribution in [0.2, 0.25) is 4.34 Å². The standard InChI is InChI=1S/C20H27ClN2O3S/c1-25-18-6-4-15(11-22-12-17-5-7-20(21)27-17)10-19(18)26-14-16(24)13-23-8-2-3-9-23/h4-7,10,16,22,24H,2-3,8-9,11-14H2,1H3. The van der Waals surface area contributed by atoms with Gasteiger partial charge < -0.3 is 24.8 Å². The van der Waals surface area contributed by atoms with Gasteiger partial charge in [-0.1, -0.05) is 17.7 Å². The van der Waals surface area contributed by atoms with Crippen molar-refractivity contribution in [2.45, 2.75) is 32.0 Å². The van der Waals surface area contributed by atoms with Crippen LogP contribution in [-0.4, -0.2) is 49.5 Å². The molecule has 2 heterocycles. The second-order valence-corrected chi connectivity index (χ2v) is 8.57.